The summed E-state index contributed by atoms with van der Waals surface area (Å²) in [6.45, 7) is 2.35. The maximum Gasteiger partial charge on any atom is 0.328 e. The van der Waals surface area contributed by atoms with Crippen LogP contribution in [0.15, 0.2) is 59.5 Å². The van der Waals surface area contributed by atoms with E-state index in [1.165, 1.54) is 30.3 Å². The summed E-state index contributed by atoms with van der Waals surface area (Å²) in [5, 5.41) is 5.62. The topological polar surface area (TPSA) is 104 Å². The predicted molar refractivity (Wildman–Crippen MR) is 114 cm³/mol. The highest BCUT2D eigenvalue weighted by atomic mass is 35.5. The minimum absolute atomic E-state index is 0.0900. The smallest absolute Gasteiger partial charge is 0.328 e. The van der Waals surface area contributed by atoms with Gasteiger partial charge in [-0.1, -0.05) is 43.1 Å². The molecule has 0 aromatic heterocycles. The number of amides is 3. The number of carbonyl (C=O) groups is 2. The summed E-state index contributed by atoms with van der Waals surface area (Å²) < 4.78 is 26.4. The van der Waals surface area contributed by atoms with Crippen molar-refractivity contribution < 1.29 is 18.0 Å². The van der Waals surface area contributed by atoms with Gasteiger partial charge in [0.25, 0.3) is 10.0 Å². The molecule has 0 saturated heterocycles. The molecule has 0 aliphatic heterocycles. The third-order valence-corrected chi connectivity index (χ3v) is 5.49. The second kappa shape index (κ2) is 10.6. The van der Waals surface area contributed by atoms with Crippen molar-refractivity contribution in [1.82, 2.24) is 10.0 Å². The Morgan fingerprint density at radius 2 is 1.76 bits per heavy atom. The Morgan fingerprint density at radius 1 is 1.07 bits per heavy atom. The molecule has 0 heterocycles. The third-order valence-electron chi connectivity index (χ3n) is 3.79. The van der Waals surface area contributed by atoms with Gasteiger partial charge in [0, 0.05) is 23.3 Å². The number of sulfonamides is 1. The minimum atomic E-state index is -4.00. The van der Waals surface area contributed by atoms with Gasteiger partial charge in [0.2, 0.25) is 5.91 Å². The van der Waals surface area contributed by atoms with E-state index in [1.807, 2.05) is 11.6 Å². The molecule has 3 amide bonds. The molecule has 0 spiro atoms. The number of unbranched alkanes of at least 4 members (excludes halogenated alkanes) is 1. The molecule has 2 rings (SSSR count). The number of hydrogen-bond acceptors (Lipinski definition) is 4. The molecule has 154 valence electrons. The van der Waals surface area contributed by atoms with Crippen LogP contribution in [0, 0.1) is 0 Å². The van der Waals surface area contributed by atoms with Crippen molar-refractivity contribution in [2.24, 2.45) is 0 Å². The lowest BCUT2D eigenvalue weighted by Gasteiger charge is -2.09. The number of carbonyl (C=O) groups excluding carboxylic acids is 2. The highest BCUT2D eigenvalue weighted by molar-refractivity contribution is 7.90. The molecule has 0 radical (unpaired) electrons. The van der Waals surface area contributed by atoms with Crippen LogP contribution in [0.5, 0.6) is 0 Å². The van der Waals surface area contributed by atoms with Crippen LogP contribution in [0.4, 0.5) is 10.5 Å². The van der Waals surface area contributed by atoms with E-state index in [4.69, 9.17) is 11.6 Å². The minimum Gasteiger partial charge on any atom is -0.337 e. The Balaban J connectivity index is 1.96. The molecule has 2 aromatic carbocycles. The molecule has 0 bridgehead atoms. The molecule has 29 heavy (non-hydrogen) atoms. The first-order valence-corrected chi connectivity index (χ1v) is 10.8. The van der Waals surface area contributed by atoms with E-state index >= 15 is 0 Å². The van der Waals surface area contributed by atoms with Gasteiger partial charge in [-0.2, -0.15) is 0 Å². The van der Waals surface area contributed by atoms with E-state index in [0.717, 1.165) is 12.8 Å². The molecule has 0 saturated carbocycles. The molecular weight excluding hydrogens is 414 g/mol. The van der Waals surface area contributed by atoms with Crippen LogP contribution >= 0.6 is 11.6 Å². The highest BCUT2D eigenvalue weighted by Crippen LogP contribution is 2.17. The van der Waals surface area contributed by atoms with Crippen molar-refractivity contribution in [3.05, 3.63) is 65.2 Å². The lowest BCUT2D eigenvalue weighted by molar-refractivity contribution is -0.111. The van der Waals surface area contributed by atoms with Crippen LogP contribution in [0.2, 0.25) is 5.02 Å². The normalized spacial score (nSPS) is 11.2. The van der Waals surface area contributed by atoms with Crippen LogP contribution in [-0.2, 0) is 14.8 Å². The Bertz CT molecular complexity index is 989. The Hall–Kier alpha value is -2.84. The number of urea groups is 1. The number of benzene rings is 2. The first-order chi connectivity index (χ1) is 13.8. The number of hydrogen-bond donors (Lipinski definition) is 3. The van der Waals surface area contributed by atoms with Gasteiger partial charge in [-0.3, -0.25) is 4.79 Å². The van der Waals surface area contributed by atoms with Crippen LogP contribution in [0.25, 0.3) is 6.08 Å². The van der Waals surface area contributed by atoms with Gasteiger partial charge in [0.15, 0.2) is 0 Å². The van der Waals surface area contributed by atoms with Gasteiger partial charge in [0.1, 0.15) is 0 Å². The fourth-order valence-electron chi connectivity index (χ4n) is 2.27. The van der Waals surface area contributed by atoms with E-state index in [0.29, 0.717) is 22.8 Å². The summed E-state index contributed by atoms with van der Waals surface area (Å²) in [5.74, 6) is -0.394. The molecule has 2 aromatic rings. The highest BCUT2D eigenvalue weighted by Gasteiger charge is 2.17. The number of rotatable bonds is 8. The third kappa shape index (κ3) is 7.24. The monoisotopic (exact) mass is 435 g/mol. The molecule has 0 unspecified atom stereocenters. The predicted octanol–water partition coefficient (Wildman–Crippen LogP) is 3.78. The Kier molecular flexibility index (Phi) is 8.23. The van der Waals surface area contributed by atoms with Gasteiger partial charge < -0.3 is 10.6 Å². The van der Waals surface area contributed by atoms with Crippen molar-refractivity contribution in [3.8, 4) is 0 Å². The van der Waals surface area contributed by atoms with Crippen molar-refractivity contribution in [1.29, 1.82) is 0 Å². The van der Waals surface area contributed by atoms with Crippen LogP contribution < -0.4 is 15.4 Å². The molecular formula is C20H22ClN3O4S. The number of halogens is 1. The van der Waals surface area contributed by atoms with E-state index in [1.54, 1.807) is 30.3 Å². The first-order valence-electron chi connectivity index (χ1n) is 8.96. The second-order valence-corrected chi connectivity index (χ2v) is 8.17. The summed E-state index contributed by atoms with van der Waals surface area (Å²) in [7, 11) is -4.00. The standard InChI is InChI=1S/C20H22ClN3O4S/c1-2-3-14-22-20(26)24-29(27,28)17-11-9-16(10-12-17)23-19(25)13-8-15-6-4-5-7-18(15)21/h4-13H,2-3,14H2,1H3,(H,23,25)(H2,22,24,26). The van der Waals surface area contributed by atoms with Crippen LogP contribution in [-0.4, -0.2) is 26.9 Å². The number of anilines is 1. The quantitative estimate of drug-likeness (QED) is 0.433. The molecule has 0 fully saturated rings. The van der Waals surface area contributed by atoms with Gasteiger partial charge in [-0.25, -0.2) is 17.9 Å². The van der Waals surface area contributed by atoms with Crippen molar-refractivity contribution in [3.63, 3.8) is 0 Å². The van der Waals surface area contributed by atoms with Crippen molar-refractivity contribution in [2.45, 2.75) is 24.7 Å². The maximum absolute atomic E-state index is 12.2. The summed E-state index contributed by atoms with van der Waals surface area (Å²) in [5.41, 5.74) is 1.11. The summed E-state index contributed by atoms with van der Waals surface area (Å²) >= 11 is 6.03. The van der Waals surface area contributed by atoms with Crippen LogP contribution in [0.1, 0.15) is 25.3 Å². The second-order valence-electron chi connectivity index (χ2n) is 6.08. The Morgan fingerprint density at radius 3 is 2.41 bits per heavy atom. The van der Waals surface area contributed by atoms with Crippen molar-refractivity contribution in [2.75, 3.05) is 11.9 Å². The van der Waals surface area contributed by atoms with E-state index < -0.39 is 22.0 Å². The van der Waals surface area contributed by atoms with Crippen LogP contribution in [0.3, 0.4) is 0 Å². The molecule has 3 N–H and O–H groups in total. The largest absolute Gasteiger partial charge is 0.337 e. The fourth-order valence-corrected chi connectivity index (χ4v) is 3.40. The van der Waals surface area contributed by atoms with Gasteiger partial charge in [-0.15, -0.1) is 0 Å². The summed E-state index contributed by atoms with van der Waals surface area (Å²) in [6.07, 6.45) is 4.55. The molecule has 0 aliphatic rings. The zero-order chi connectivity index (χ0) is 21.3. The van der Waals surface area contributed by atoms with Gasteiger partial charge in [0.05, 0.1) is 4.90 Å². The zero-order valence-electron chi connectivity index (χ0n) is 15.8. The average Bonchev–Trinajstić information content (AvgIpc) is 2.67. The number of nitrogens with one attached hydrogen (secondary N) is 3. The van der Waals surface area contributed by atoms with E-state index in [-0.39, 0.29) is 4.90 Å². The van der Waals surface area contributed by atoms with Gasteiger partial charge >= 0.3 is 6.03 Å². The zero-order valence-corrected chi connectivity index (χ0v) is 17.4. The lowest BCUT2D eigenvalue weighted by Crippen LogP contribution is -2.39. The lowest BCUT2D eigenvalue weighted by atomic mass is 10.2. The Labute approximate surface area is 175 Å². The van der Waals surface area contributed by atoms with Crippen molar-refractivity contribution >= 4 is 45.3 Å². The summed E-state index contributed by atoms with van der Waals surface area (Å²) in [6, 6.07) is 11.8. The molecule has 7 nitrogen and oxygen atoms in total. The van der Waals surface area contributed by atoms with Gasteiger partial charge in [-0.05, 0) is 48.4 Å². The fraction of sp³-hybridized carbons (Fsp3) is 0.200. The van der Waals surface area contributed by atoms with E-state index in [9.17, 15) is 18.0 Å². The summed E-state index contributed by atoms with van der Waals surface area (Å²) in [4.78, 5) is 23.6. The molecule has 0 aliphatic carbocycles. The molecule has 0 atom stereocenters. The average molecular weight is 436 g/mol. The SMILES string of the molecule is CCCCNC(=O)NS(=O)(=O)c1ccc(NC(=O)C=Cc2ccccc2Cl)cc1. The maximum atomic E-state index is 12.2. The first kappa shape index (κ1) is 22.4. The molecule has 9 heteroatoms. The van der Waals surface area contributed by atoms with E-state index in [2.05, 4.69) is 10.6 Å².